The Hall–Kier alpha value is -3.02. The average Bonchev–Trinajstić information content (AvgIpc) is 2.61. The molecule has 2 N–H and O–H groups in total. The van der Waals surface area contributed by atoms with E-state index in [2.05, 4.69) is 5.32 Å². The maximum atomic E-state index is 12.3. The van der Waals surface area contributed by atoms with Gasteiger partial charge in [-0.2, -0.15) is 0 Å². The van der Waals surface area contributed by atoms with Gasteiger partial charge in [0.15, 0.2) is 11.5 Å². The van der Waals surface area contributed by atoms with Gasteiger partial charge >= 0.3 is 5.97 Å². The van der Waals surface area contributed by atoms with Gasteiger partial charge in [-0.25, -0.2) is 4.79 Å². The first kappa shape index (κ1) is 16.8. The lowest BCUT2D eigenvalue weighted by atomic mass is 10.0. The molecule has 3 rings (SSSR count). The van der Waals surface area contributed by atoms with E-state index in [1.54, 1.807) is 19.2 Å². The molecule has 1 heterocycles. The monoisotopic (exact) mass is 341 g/mol. The van der Waals surface area contributed by atoms with Crippen molar-refractivity contribution in [1.29, 1.82) is 0 Å². The third kappa shape index (κ3) is 3.91. The van der Waals surface area contributed by atoms with Crippen molar-refractivity contribution in [3.05, 3.63) is 59.2 Å². The fourth-order valence-corrected chi connectivity index (χ4v) is 2.93. The number of benzene rings is 2. The molecule has 0 fully saturated rings. The second-order valence-corrected chi connectivity index (χ2v) is 5.91. The summed E-state index contributed by atoms with van der Waals surface area (Å²) < 4.78 is 11.0. The fourth-order valence-electron chi connectivity index (χ4n) is 2.93. The van der Waals surface area contributed by atoms with Gasteiger partial charge in [-0.1, -0.05) is 24.3 Å². The first-order chi connectivity index (χ1) is 12.1. The minimum Gasteiger partial charge on any atom is -0.493 e. The van der Waals surface area contributed by atoms with Crippen LogP contribution < -0.4 is 14.8 Å². The van der Waals surface area contributed by atoms with Gasteiger partial charge in [-0.05, 0) is 30.2 Å². The summed E-state index contributed by atoms with van der Waals surface area (Å²) in [7, 11) is 1.60. The van der Waals surface area contributed by atoms with Gasteiger partial charge in [-0.3, -0.25) is 4.79 Å². The van der Waals surface area contributed by atoms with Gasteiger partial charge in [-0.15, -0.1) is 0 Å². The van der Waals surface area contributed by atoms with Crippen molar-refractivity contribution in [3.8, 4) is 11.5 Å². The smallest absolute Gasteiger partial charge is 0.335 e. The number of rotatable bonds is 5. The van der Waals surface area contributed by atoms with E-state index in [0.29, 0.717) is 24.3 Å². The van der Waals surface area contributed by atoms with Crippen LogP contribution in [0.25, 0.3) is 0 Å². The summed E-state index contributed by atoms with van der Waals surface area (Å²) in [6.45, 7) is 0.369. The molecule has 1 atom stereocenters. The number of methoxy groups -OCH3 is 1. The lowest BCUT2D eigenvalue weighted by molar-refractivity contribution is -0.121. The molecular weight excluding hydrogens is 322 g/mol. The van der Waals surface area contributed by atoms with Crippen LogP contribution in [-0.2, 0) is 17.6 Å². The van der Waals surface area contributed by atoms with Crippen LogP contribution in [0.3, 0.4) is 0 Å². The van der Waals surface area contributed by atoms with Crippen LogP contribution in [0, 0.1) is 0 Å². The summed E-state index contributed by atoms with van der Waals surface area (Å²) in [4.78, 5) is 23.3. The molecular formula is C19H19NO5. The highest BCUT2D eigenvalue weighted by Gasteiger charge is 2.23. The number of carboxylic acid groups (broad SMARTS) is 1. The summed E-state index contributed by atoms with van der Waals surface area (Å²) in [5, 5.41) is 12.0. The Balaban J connectivity index is 1.62. The number of aromatic carboxylic acids is 1. The highest BCUT2D eigenvalue weighted by atomic mass is 16.5. The number of para-hydroxylation sites is 1. The van der Waals surface area contributed by atoms with Crippen molar-refractivity contribution in [2.45, 2.75) is 18.9 Å². The molecule has 1 aliphatic heterocycles. The number of nitrogens with one attached hydrogen (secondary N) is 1. The van der Waals surface area contributed by atoms with Gasteiger partial charge in [0.05, 0.1) is 25.1 Å². The van der Waals surface area contributed by atoms with Crippen molar-refractivity contribution in [2.24, 2.45) is 0 Å². The summed E-state index contributed by atoms with van der Waals surface area (Å²) in [6.07, 6.45) is 0.788. The lowest BCUT2D eigenvalue weighted by Gasteiger charge is -2.27. The third-order valence-corrected chi connectivity index (χ3v) is 4.08. The van der Waals surface area contributed by atoms with E-state index in [9.17, 15) is 9.59 Å². The second kappa shape index (κ2) is 7.25. The van der Waals surface area contributed by atoms with E-state index >= 15 is 0 Å². The topological polar surface area (TPSA) is 84.9 Å². The minimum absolute atomic E-state index is 0.128. The summed E-state index contributed by atoms with van der Waals surface area (Å²) in [5.74, 6) is 0.244. The molecule has 130 valence electrons. The number of hydrogen-bond acceptors (Lipinski definition) is 4. The molecule has 0 aromatic heterocycles. The Morgan fingerprint density at radius 1 is 1.28 bits per heavy atom. The molecule has 2 aromatic rings. The zero-order valence-electron chi connectivity index (χ0n) is 13.8. The molecule has 0 bridgehead atoms. The summed E-state index contributed by atoms with van der Waals surface area (Å²) >= 11 is 0. The SMILES string of the molecule is COc1cccc2c1OCC(NC(=O)Cc1cccc(C(=O)O)c1)C2. The predicted octanol–water partition coefficient (Wildman–Crippen LogP) is 2.06. The summed E-state index contributed by atoms with van der Waals surface area (Å²) in [6, 6.07) is 11.9. The Labute approximate surface area is 145 Å². The number of hydrogen-bond donors (Lipinski definition) is 2. The van der Waals surface area contributed by atoms with Crippen LogP contribution in [0.2, 0.25) is 0 Å². The standard InChI is InChI=1S/C19H19NO5/c1-24-16-7-3-5-13-10-15(11-25-18(13)16)20-17(21)9-12-4-2-6-14(8-12)19(22)23/h2-8,15H,9-11H2,1H3,(H,20,21)(H,22,23). The number of amides is 1. The van der Waals surface area contributed by atoms with Gasteiger partial charge in [0.25, 0.3) is 0 Å². The van der Waals surface area contributed by atoms with Gasteiger partial charge in [0, 0.05) is 5.56 Å². The molecule has 1 unspecified atom stereocenters. The van der Waals surface area contributed by atoms with Gasteiger partial charge in [0.1, 0.15) is 6.61 Å². The van der Waals surface area contributed by atoms with Crippen LogP contribution in [0.1, 0.15) is 21.5 Å². The van der Waals surface area contributed by atoms with E-state index in [0.717, 1.165) is 11.3 Å². The third-order valence-electron chi connectivity index (χ3n) is 4.08. The normalized spacial score (nSPS) is 15.6. The molecule has 0 radical (unpaired) electrons. The number of carboxylic acids is 1. The first-order valence-electron chi connectivity index (χ1n) is 7.97. The van der Waals surface area contributed by atoms with Crippen molar-refractivity contribution in [2.75, 3.05) is 13.7 Å². The van der Waals surface area contributed by atoms with Crippen LogP contribution in [0.5, 0.6) is 11.5 Å². The zero-order valence-corrected chi connectivity index (χ0v) is 13.8. The van der Waals surface area contributed by atoms with Crippen LogP contribution in [0.4, 0.5) is 0 Å². The number of ether oxygens (including phenoxy) is 2. The molecule has 6 heteroatoms. The van der Waals surface area contributed by atoms with Crippen molar-refractivity contribution < 1.29 is 24.2 Å². The van der Waals surface area contributed by atoms with Crippen LogP contribution in [-0.4, -0.2) is 36.7 Å². The number of carbonyl (C=O) groups excluding carboxylic acids is 1. The van der Waals surface area contributed by atoms with E-state index in [-0.39, 0.29) is 23.9 Å². The van der Waals surface area contributed by atoms with E-state index in [1.165, 1.54) is 12.1 Å². The number of fused-ring (bicyclic) bond motifs is 1. The Morgan fingerprint density at radius 3 is 2.84 bits per heavy atom. The minimum atomic E-state index is -1.01. The Morgan fingerprint density at radius 2 is 2.08 bits per heavy atom. The average molecular weight is 341 g/mol. The largest absolute Gasteiger partial charge is 0.493 e. The molecule has 0 spiro atoms. The molecule has 0 aliphatic carbocycles. The quantitative estimate of drug-likeness (QED) is 0.869. The molecule has 25 heavy (non-hydrogen) atoms. The molecule has 1 amide bonds. The highest BCUT2D eigenvalue weighted by molar-refractivity contribution is 5.88. The van der Waals surface area contributed by atoms with Crippen molar-refractivity contribution in [1.82, 2.24) is 5.32 Å². The second-order valence-electron chi connectivity index (χ2n) is 5.91. The van der Waals surface area contributed by atoms with Crippen molar-refractivity contribution in [3.63, 3.8) is 0 Å². The molecule has 0 saturated carbocycles. The zero-order chi connectivity index (χ0) is 17.8. The van der Waals surface area contributed by atoms with Gasteiger partial charge < -0.3 is 19.9 Å². The predicted molar refractivity (Wildman–Crippen MR) is 91.2 cm³/mol. The first-order valence-corrected chi connectivity index (χ1v) is 7.97. The molecule has 6 nitrogen and oxygen atoms in total. The Kier molecular flexibility index (Phi) is 4.88. The summed E-state index contributed by atoms with van der Waals surface area (Å²) in [5.41, 5.74) is 1.83. The van der Waals surface area contributed by atoms with Crippen molar-refractivity contribution >= 4 is 11.9 Å². The van der Waals surface area contributed by atoms with Gasteiger partial charge in [0.2, 0.25) is 5.91 Å². The molecule has 2 aromatic carbocycles. The van der Waals surface area contributed by atoms with Crippen LogP contribution in [0.15, 0.2) is 42.5 Å². The maximum Gasteiger partial charge on any atom is 0.335 e. The lowest BCUT2D eigenvalue weighted by Crippen LogP contribution is -2.43. The maximum absolute atomic E-state index is 12.3. The molecule has 1 aliphatic rings. The van der Waals surface area contributed by atoms with E-state index in [1.807, 2.05) is 18.2 Å². The van der Waals surface area contributed by atoms with E-state index in [4.69, 9.17) is 14.6 Å². The Bertz CT molecular complexity index is 802. The van der Waals surface area contributed by atoms with E-state index < -0.39 is 5.97 Å². The molecule has 0 saturated heterocycles. The fraction of sp³-hybridized carbons (Fsp3) is 0.263. The van der Waals surface area contributed by atoms with Crippen LogP contribution >= 0.6 is 0 Å². The highest BCUT2D eigenvalue weighted by Crippen LogP contribution is 2.34. The number of carbonyl (C=O) groups is 2.